The summed E-state index contributed by atoms with van der Waals surface area (Å²) in [5, 5.41) is 3.07. The van der Waals surface area contributed by atoms with Gasteiger partial charge in [-0.3, -0.25) is 14.4 Å². The van der Waals surface area contributed by atoms with Crippen LogP contribution in [0.1, 0.15) is 38.0 Å². The molecule has 34 heavy (non-hydrogen) atoms. The quantitative estimate of drug-likeness (QED) is 0.308. The Morgan fingerprint density at radius 1 is 0.912 bits per heavy atom. The van der Waals surface area contributed by atoms with Crippen molar-refractivity contribution < 1.29 is 28.7 Å². The molecule has 0 bridgehead atoms. The number of nitrogens with zero attached hydrogens (tertiary/aromatic N) is 1. The highest BCUT2D eigenvalue weighted by Crippen LogP contribution is 2.30. The van der Waals surface area contributed by atoms with Gasteiger partial charge in [0.15, 0.2) is 0 Å². The molecule has 1 N–H and O–H groups in total. The Kier molecular flexibility index (Phi) is 6.60. The largest absolute Gasteiger partial charge is 0.488 e. The van der Waals surface area contributed by atoms with Crippen molar-refractivity contribution in [3.63, 3.8) is 0 Å². The molecular formula is C25H19ClN2O6. The van der Waals surface area contributed by atoms with Crippen LogP contribution in [0, 0.1) is 0 Å². The number of anilines is 2. The summed E-state index contributed by atoms with van der Waals surface area (Å²) in [5.41, 5.74) is 1.32. The third-order valence-corrected chi connectivity index (χ3v) is 5.29. The maximum Gasteiger partial charge on any atom is 0.338 e. The zero-order chi connectivity index (χ0) is 24.2. The van der Waals surface area contributed by atoms with Crippen LogP contribution < -0.4 is 15.0 Å². The predicted octanol–water partition coefficient (Wildman–Crippen LogP) is 4.33. The van der Waals surface area contributed by atoms with Gasteiger partial charge in [-0.05, 0) is 54.6 Å². The van der Waals surface area contributed by atoms with E-state index < -0.39 is 17.8 Å². The molecule has 9 heteroatoms. The van der Waals surface area contributed by atoms with Crippen molar-refractivity contribution in [2.24, 2.45) is 0 Å². The summed E-state index contributed by atoms with van der Waals surface area (Å²) in [6, 6.07) is 17.4. The van der Waals surface area contributed by atoms with Crippen molar-refractivity contribution in [2.75, 3.05) is 23.4 Å². The second kappa shape index (κ2) is 9.76. The van der Waals surface area contributed by atoms with Crippen LogP contribution in [0.2, 0.25) is 5.02 Å². The van der Waals surface area contributed by atoms with E-state index in [9.17, 15) is 19.2 Å². The van der Waals surface area contributed by atoms with Crippen LogP contribution in [0.5, 0.6) is 5.75 Å². The molecule has 0 fully saturated rings. The summed E-state index contributed by atoms with van der Waals surface area (Å²) < 4.78 is 10.7. The van der Waals surface area contributed by atoms with Gasteiger partial charge in [-0.25, -0.2) is 9.69 Å². The van der Waals surface area contributed by atoms with Crippen molar-refractivity contribution in [1.82, 2.24) is 0 Å². The summed E-state index contributed by atoms with van der Waals surface area (Å²) in [4.78, 5) is 50.4. The Labute approximate surface area is 200 Å². The number of rotatable bonds is 7. The molecule has 0 spiro atoms. The molecule has 3 aromatic rings. The molecule has 172 valence electrons. The van der Waals surface area contributed by atoms with Crippen molar-refractivity contribution in [2.45, 2.75) is 6.92 Å². The van der Waals surface area contributed by atoms with Crippen LogP contribution in [0.3, 0.4) is 0 Å². The third-order valence-electron chi connectivity index (χ3n) is 4.98. The number of ether oxygens (including phenoxy) is 2. The molecule has 8 nitrogen and oxygen atoms in total. The fourth-order valence-corrected chi connectivity index (χ4v) is 3.62. The molecule has 4 rings (SSSR count). The summed E-state index contributed by atoms with van der Waals surface area (Å²) in [7, 11) is 0. The average molecular weight is 479 g/mol. The number of benzene rings is 3. The zero-order valence-electron chi connectivity index (χ0n) is 18.0. The lowest BCUT2D eigenvalue weighted by molar-refractivity contribution is -0.114. The minimum Gasteiger partial charge on any atom is -0.488 e. The van der Waals surface area contributed by atoms with Crippen LogP contribution in [0.15, 0.2) is 66.7 Å². The molecule has 1 aliphatic rings. The number of para-hydroxylation sites is 1. The van der Waals surface area contributed by atoms with Gasteiger partial charge < -0.3 is 14.8 Å². The number of imide groups is 1. The van der Waals surface area contributed by atoms with E-state index in [1.807, 2.05) is 0 Å². The molecule has 0 aliphatic carbocycles. The van der Waals surface area contributed by atoms with Gasteiger partial charge in [-0.1, -0.05) is 23.7 Å². The van der Waals surface area contributed by atoms with Crippen molar-refractivity contribution in [3.05, 3.63) is 88.4 Å². The molecular weight excluding hydrogens is 460 g/mol. The summed E-state index contributed by atoms with van der Waals surface area (Å²) >= 11 is 6.01. The summed E-state index contributed by atoms with van der Waals surface area (Å²) in [5.74, 6) is -1.45. The van der Waals surface area contributed by atoms with Crippen molar-refractivity contribution in [3.8, 4) is 5.75 Å². The number of carbonyl (C=O) groups is 4. The molecule has 3 amide bonds. The molecule has 3 aromatic carbocycles. The normalized spacial score (nSPS) is 12.4. The van der Waals surface area contributed by atoms with Gasteiger partial charge >= 0.3 is 5.97 Å². The van der Waals surface area contributed by atoms with E-state index in [4.69, 9.17) is 21.1 Å². The fraction of sp³-hybridized carbons (Fsp3) is 0.120. The van der Waals surface area contributed by atoms with Gasteiger partial charge in [0.1, 0.15) is 19.0 Å². The highest BCUT2D eigenvalue weighted by Gasteiger charge is 2.37. The lowest BCUT2D eigenvalue weighted by Gasteiger charge is -2.14. The maximum atomic E-state index is 12.9. The molecule has 0 saturated heterocycles. The highest BCUT2D eigenvalue weighted by atomic mass is 35.5. The Morgan fingerprint density at radius 2 is 1.62 bits per heavy atom. The smallest absolute Gasteiger partial charge is 0.338 e. The topological polar surface area (TPSA) is 102 Å². The Morgan fingerprint density at radius 3 is 2.32 bits per heavy atom. The Balaban J connectivity index is 1.42. The number of carbonyl (C=O) groups excluding carboxylic acids is 4. The lowest BCUT2D eigenvalue weighted by atomic mass is 10.1. The second-order valence-corrected chi connectivity index (χ2v) is 7.76. The summed E-state index contributed by atoms with van der Waals surface area (Å²) in [6.45, 7) is 1.45. The molecule has 0 radical (unpaired) electrons. The van der Waals surface area contributed by atoms with Gasteiger partial charge in [0.05, 0.1) is 27.4 Å². The van der Waals surface area contributed by atoms with E-state index in [0.717, 1.165) is 4.90 Å². The monoisotopic (exact) mass is 478 g/mol. The standard InChI is InChI=1S/C25H19ClN2O6/c1-15(29)27-17-7-9-18(10-8-17)28-23(30)19-11-6-16(14-20(19)24(28)31)25(32)34-13-12-33-22-5-3-2-4-21(22)26/h2-11,14H,12-13H2,1H3,(H,27,29). The number of fused-ring (bicyclic) bond motifs is 1. The van der Waals surface area contributed by atoms with Crippen LogP contribution in [-0.2, 0) is 9.53 Å². The van der Waals surface area contributed by atoms with Gasteiger partial charge in [0, 0.05) is 12.6 Å². The Bertz CT molecular complexity index is 1290. The van der Waals surface area contributed by atoms with Crippen LogP contribution in [-0.4, -0.2) is 36.9 Å². The molecule has 1 heterocycles. The van der Waals surface area contributed by atoms with Gasteiger partial charge in [0.2, 0.25) is 5.91 Å². The molecule has 0 unspecified atom stereocenters. The lowest BCUT2D eigenvalue weighted by Crippen LogP contribution is -2.29. The first-order chi connectivity index (χ1) is 16.3. The van der Waals surface area contributed by atoms with E-state index in [2.05, 4.69) is 5.32 Å². The second-order valence-electron chi connectivity index (χ2n) is 7.35. The van der Waals surface area contributed by atoms with Crippen LogP contribution in [0.25, 0.3) is 0 Å². The zero-order valence-corrected chi connectivity index (χ0v) is 18.8. The number of hydrogen-bond donors (Lipinski definition) is 1. The fourth-order valence-electron chi connectivity index (χ4n) is 3.43. The first-order valence-electron chi connectivity index (χ1n) is 10.3. The number of hydrogen-bond acceptors (Lipinski definition) is 6. The SMILES string of the molecule is CC(=O)Nc1ccc(N2C(=O)c3ccc(C(=O)OCCOc4ccccc4Cl)cc3C2=O)cc1. The molecule has 0 atom stereocenters. The van der Waals surface area contributed by atoms with Crippen LogP contribution in [0.4, 0.5) is 11.4 Å². The first kappa shape index (κ1) is 23.0. The highest BCUT2D eigenvalue weighted by molar-refractivity contribution is 6.34. The predicted molar refractivity (Wildman–Crippen MR) is 126 cm³/mol. The maximum absolute atomic E-state index is 12.9. The van der Waals surface area contributed by atoms with Gasteiger partial charge in [0.25, 0.3) is 11.8 Å². The Hall–Kier alpha value is -4.17. The molecule has 0 aromatic heterocycles. The van der Waals surface area contributed by atoms with Crippen molar-refractivity contribution >= 4 is 46.7 Å². The average Bonchev–Trinajstić information content (AvgIpc) is 3.07. The number of esters is 1. The van der Waals surface area contributed by atoms with E-state index in [1.54, 1.807) is 48.5 Å². The van der Waals surface area contributed by atoms with E-state index in [1.165, 1.54) is 25.1 Å². The van der Waals surface area contributed by atoms with E-state index >= 15 is 0 Å². The molecule has 0 saturated carbocycles. The first-order valence-corrected chi connectivity index (χ1v) is 10.7. The number of nitrogens with one attached hydrogen (secondary N) is 1. The number of amides is 3. The minimum absolute atomic E-state index is 0.0270. The van der Waals surface area contributed by atoms with E-state index in [-0.39, 0.29) is 35.8 Å². The third kappa shape index (κ3) is 4.77. The summed E-state index contributed by atoms with van der Waals surface area (Å²) in [6.07, 6.45) is 0. The molecule has 1 aliphatic heterocycles. The van der Waals surface area contributed by atoms with Gasteiger partial charge in [-0.2, -0.15) is 0 Å². The minimum atomic E-state index is -0.649. The van der Waals surface area contributed by atoms with Crippen molar-refractivity contribution in [1.29, 1.82) is 0 Å². The van der Waals surface area contributed by atoms with Gasteiger partial charge in [-0.15, -0.1) is 0 Å². The number of halogens is 1. The van der Waals surface area contributed by atoms with E-state index in [0.29, 0.717) is 22.1 Å². The van der Waals surface area contributed by atoms with Crippen LogP contribution >= 0.6 is 11.6 Å².